The number of alkyl halides is 2. The Morgan fingerprint density at radius 1 is 1.38 bits per heavy atom. The minimum absolute atomic E-state index is 0.280. The van der Waals surface area contributed by atoms with E-state index in [-0.39, 0.29) is 5.69 Å². The number of nitrogen functional groups attached to an aromatic ring is 1. The maximum Gasteiger partial charge on any atom is 0.282 e. The molecule has 2 rings (SSSR count). The van der Waals surface area contributed by atoms with Gasteiger partial charge < -0.3 is 5.73 Å². The molecule has 16 heavy (non-hydrogen) atoms. The van der Waals surface area contributed by atoms with Gasteiger partial charge in [-0.05, 0) is 0 Å². The smallest absolute Gasteiger partial charge is 0.282 e. The first-order valence-electron chi connectivity index (χ1n) is 4.60. The molecule has 0 aromatic carbocycles. The molecule has 0 fully saturated rings. The van der Waals surface area contributed by atoms with E-state index in [2.05, 4.69) is 10.2 Å². The molecule has 0 radical (unpaired) electrons. The number of aromatic nitrogens is 4. The van der Waals surface area contributed by atoms with E-state index < -0.39 is 6.43 Å². The van der Waals surface area contributed by atoms with Gasteiger partial charge in [0.2, 0.25) is 0 Å². The summed E-state index contributed by atoms with van der Waals surface area (Å²) in [6, 6.07) is 0. The lowest BCUT2D eigenvalue weighted by Crippen LogP contribution is -1.98. The van der Waals surface area contributed by atoms with Crippen molar-refractivity contribution in [3.05, 3.63) is 18.1 Å². The summed E-state index contributed by atoms with van der Waals surface area (Å²) in [4.78, 5) is 0. The van der Waals surface area contributed by atoms with Crippen LogP contribution in [-0.4, -0.2) is 19.6 Å². The summed E-state index contributed by atoms with van der Waals surface area (Å²) in [7, 11) is 3.23. The lowest BCUT2D eigenvalue weighted by Gasteiger charge is -2.03. The summed E-state index contributed by atoms with van der Waals surface area (Å²) in [5.41, 5.74) is 6.54. The second-order valence-corrected chi connectivity index (χ2v) is 3.47. The summed E-state index contributed by atoms with van der Waals surface area (Å²) < 4.78 is 28.3. The van der Waals surface area contributed by atoms with E-state index in [1.807, 2.05) is 0 Å². The van der Waals surface area contributed by atoms with Crippen LogP contribution >= 0.6 is 0 Å². The number of halogens is 2. The summed E-state index contributed by atoms with van der Waals surface area (Å²) in [6.45, 7) is 0. The average molecular weight is 227 g/mol. The lowest BCUT2D eigenvalue weighted by atomic mass is 10.1. The van der Waals surface area contributed by atoms with Crippen LogP contribution in [0.5, 0.6) is 0 Å². The molecular weight excluding hydrogens is 216 g/mol. The Hall–Kier alpha value is -1.92. The minimum Gasteiger partial charge on any atom is -0.396 e. The third kappa shape index (κ3) is 1.54. The van der Waals surface area contributed by atoms with Gasteiger partial charge in [0.25, 0.3) is 6.43 Å². The maximum absolute atomic E-state index is 12.7. The van der Waals surface area contributed by atoms with Crippen LogP contribution < -0.4 is 5.73 Å². The van der Waals surface area contributed by atoms with Crippen LogP contribution in [0.25, 0.3) is 11.3 Å². The second kappa shape index (κ2) is 3.58. The molecule has 5 nitrogen and oxygen atoms in total. The van der Waals surface area contributed by atoms with Gasteiger partial charge in [-0.1, -0.05) is 0 Å². The van der Waals surface area contributed by atoms with Crippen molar-refractivity contribution >= 4 is 5.69 Å². The van der Waals surface area contributed by atoms with E-state index in [0.29, 0.717) is 16.9 Å². The van der Waals surface area contributed by atoms with Crippen molar-refractivity contribution in [3.8, 4) is 11.3 Å². The Kier molecular flexibility index (Phi) is 2.37. The first-order valence-corrected chi connectivity index (χ1v) is 4.60. The predicted octanol–water partition coefficient (Wildman–Crippen LogP) is 1.34. The summed E-state index contributed by atoms with van der Waals surface area (Å²) >= 11 is 0. The van der Waals surface area contributed by atoms with Gasteiger partial charge in [-0.25, -0.2) is 8.78 Å². The fourth-order valence-corrected chi connectivity index (χ4v) is 1.63. The predicted molar refractivity (Wildman–Crippen MR) is 54.8 cm³/mol. The Morgan fingerprint density at radius 3 is 2.56 bits per heavy atom. The number of hydrogen-bond donors (Lipinski definition) is 1. The van der Waals surface area contributed by atoms with Crippen LogP contribution in [0.3, 0.4) is 0 Å². The number of nitrogens with zero attached hydrogens (tertiary/aromatic N) is 4. The van der Waals surface area contributed by atoms with Crippen molar-refractivity contribution in [2.24, 2.45) is 14.1 Å². The molecule has 2 N–H and O–H groups in total. The van der Waals surface area contributed by atoms with Crippen LogP contribution in [-0.2, 0) is 14.1 Å². The quantitative estimate of drug-likeness (QED) is 0.842. The molecule has 0 aliphatic rings. The van der Waals surface area contributed by atoms with Crippen LogP contribution in [0, 0.1) is 0 Å². The zero-order valence-corrected chi connectivity index (χ0v) is 8.85. The van der Waals surface area contributed by atoms with Gasteiger partial charge in [-0.15, -0.1) is 0 Å². The monoisotopic (exact) mass is 227 g/mol. The molecule has 0 saturated heterocycles. The molecule has 86 valence electrons. The minimum atomic E-state index is -2.63. The molecule has 0 atom stereocenters. The molecule has 0 unspecified atom stereocenters. The zero-order valence-electron chi connectivity index (χ0n) is 8.85. The molecular formula is C9H11F2N5. The molecule has 2 aromatic heterocycles. The van der Waals surface area contributed by atoms with Gasteiger partial charge in [-0.3, -0.25) is 9.36 Å². The Morgan fingerprint density at radius 2 is 2.06 bits per heavy atom. The molecule has 0 aliphatic carbocycles. The van der Waals surface area contributed by atoms with E-state index in [0.717, 1.165) is 0 Å². The first kappa shape index (κ1) is 10.6. The van der Waals surface area contributed by atoms with Crippen molar-refractivity contribution < 1.29 is 8.78 Å². The molecule has 2 heterocycles. The third-order valence-corrected chi connectivity index (χ3v) is 2.29. The third-order valence-electron chi connectivity index (χ3n) is 2.29. The van der Waals surface area contributed by atoms with Crippen molar-refractivity contribution in [3.63, 3.8) is 0 Å². The van der Waals surface area contributed by atoms with E-state index in [1.54, 1.807) is 14.1 Å². The number of aryl methyl sites for hydroxylation is 2. The largest absolute Gasteiger partial charge is 0.396 e. The molecule has 0 amide bonds. The summed E-state index contributed by atoms with van der Waals surface area (Å²) in [5.74, 6) is 0. The van der Waals surface area contributed by atoms with Gasteiger partial charge in [0, 0.05) is 25.9 Å². The van der Waals surface area contributed by atoms with Gasteiger partial charge in [0.15, 0.2) is 0 Å². The molecule has 0 spiro atoms. The molecule has 0 saturated carbocycles. The Labute approximate surface area is 90.5 Å². The van der Waals surface area contributed by atoms with Gasteiger partial charge in [0.1, 0.15) is 5.69 Å². The SMILES string of the molecule is Cn1cc(-c2c(N)cnn2C)c(C(F)F)n1. The van der Waals surface area contributed by atoms with Gasteiger partial charge >= 0.3 is 0 Å². The number of hydrogen-bond acceptors (Lipinski definition) is 3. The average Bonchev–Trinajstić information content (AvgIpc) is 2.70. The highest BCUT2D eigenvalue weighted by atomic mass is 19.3. The van der Waals surface area contributed by atoms with E-state index in [1.165, 1.54) is 21.8 Å². The molecule has 0 aliphatic heterocycles. The molecule has 2 aromatic rings. The van der Waals surface area contributed by atoms with Crippen molar-refractivity contribution in [1.29, 1.82) is 0 Å². The van der Waals surface area contributed by atoms with E-state index >= 15 is 0 Å². The standard InChI is InChI=1S/C9H11F2N5/c1-15-4-5(7(14-15)9(10)11)8-6(12)3-13-16(8)2/h3-4,9H,12H2,1-2H3. The normalized spacial score (nSPS) is 11.3. The van der Waals surface area contributed by atoms with Crippen molar-refractivity contribution in [2.75, 3.05) is 5.73 Å². The topological polar surface area (TPSA) is 61.7 Å². The van der Waals surface area contributed by atoms with E-state index in [4.69, 9.17) is 5.73 Å². The van der Waals surface area contributed by atoms with Crippen molar-refractivity contribution in [1.82, 2.24) is 19.6 Å². The summed E-state index contributed by atoms with van der Waals surface area (Å²) in [5, 5.41) is 7.63. The maximum atomic E-state index is 12.7. The fourth-order valence-electron chi connectivity index (χ4n) is 1.63. The molecule has 0 bridgehead atoms. The molecule has 7 heteroatoms. The van der Waals surface area contributed by atoms with Crippen LogP contribution in [0.2, 0.25) is 0 Å². The van der Waals surface area contributed by atoms with Gasteiger partial charge in [0.05, 0.1) is 17.6 Å². The highest BCUT2D eigenvalue weighted by Gasteiger charge is 2.22. The van der Waals surface area contributed by atoms with Crippen LogP contribution in [0.4, 0.5) is 14.5 Å². The van der Waals surface area contributed by atoms with Crippen LogP contribution in [0.1, 0.15) is 12.1 Å². The van der Waals surface area contributed by atoms with Gasteiger partial charge in [-0.2, -0.15) is 10.2 Å². The highest BCUT2D eigenvalue weighted by molar-refractivity contribution is 5.73. The number of rotatable bonds is 2. The van der Waals surface area contributed by atoms with E-state index in [9.17, 15) is 8.78 Å². The lowest BCUT2D eigenvalue weighted by molar-refractivity contribution is 0.146. The second-order valence-electron chi connectivity index (χ2n) is 3.47. The number of nitrogens with two attached hydrogens (primary N) is 1. The van der Waals surface area contributed by atoms with Crippen molar-refractivity contribution in [2.45, 2.75) is 6.43 Å². The number of anilines is 1. The zero-order chi connectivity index (χ0) is 11.9. The fraction of sp³-hybridized carbons (Fsp3) is 0.333. The highest BCUT2D eigenvalue weighted by Crippen LogP contribution is 2.32. The first-order chi connectivity index (χ1) is 7.50. The van der Waals surface area contributed by atoms with Crippen LogP contribution in [0.15, 0.2) is 12.4 Å². The Balaban J connectivity index is 2.64. The summed E-state index contributed by atoms with van der Waals surface area (Å²) in [6.07, 6.45) is 0.303. The Bertz CT molecular complexity index is 494.